The van der Waals surface area contributed by atoms with Crippen molar-refractivity contribution in [2.75, 3.05) is 6.61 Å². The van der Waals surface area contributed by atoms with E-state index in [1.807, 2.05) is 30.3 Å². The SMILES string of the molecule is C#C.Cc1cn(C2C=CC(COC(=O)c3ccc4ccccc4c3)O2)c(=O)[nH]c1=O. The highest BCUT2D eigenvalue weighted by atomic mass is 16.6. The van der Waals surface area contributed by atoms with Gasteiger partial charge in [-0.15, -0.1) is 12.8 Å². The highest BCUT2D eigenvalue weighted by Crippen LogP contribution is 2.21. The highest BCUT2D eigenvalue weighted by Gasteiger charge is 2.23. The first-order valence-electron chi connectivity index (χ1n) is 9.16. The minimum atomic E-state index is -0.660. The summed E-state index contributed by atoms with van der Waals surface area (Å²) < 4.78 is 12.4. The fraction of sp³-hybridized carbons (Fsp3) is 0.174. The Bertz CT molecular complexity index is 1240. The summed E-state index contributed by atoms with van der Waals surface area (Å²) in [4.78, 5) is 38.0. The molecule has 1 aliphatic rings. The summed E-state index contributed by atoms with van der Waals surface area (Å²) in [6, 6.07) is 13.1. The molecule has 0 fully saturated rings. The number of esters is 1. The molecule has 2 atom stereocenters. The second kappa shape index (κ2) is 9.07. The molecule has 4 rings (SSSR count). The number of H-pyrrole nitrogens is 1. The molecule has 0 bridgehead atoms. The number of nitrogens with one attached hydrogen (secondary N) is 1. The summed E-state index contributed by atoms with van der Waals surface area (Å²) in [5.74, 6) is -0.441. The van der Waals surface area contributed by atoms with Crippen molar-refractivity contribution in [1.82, 2.24) is 9.55 Å². The van der Waals surface area contributed by atoms with Crippen LogP contribution in [0.1, 0.15) is 22.1 Å². The zero-order chi connectivity index (χ0) is 21.7. The van der Waals surface area contributed by atoms with Crippen molar-refractivity contribution in [3.05, 3.63) is 92.8 Å². The lowest BCUT2D eigenvalue weighted by Crippen LogP contribution is -2.33. The fourth-order valence-corrected chi connectivity index (χ4v) is 3.07. The molecule has 2 heterocycles. The largest absolute Gasteiger partial charge is 0.459 e. The summed E-state index contributed by atoms with van der Waals surface area (Å²) in [5, 5.41) is 2.01. The number of nitrogens with zero attached hydrogens (tertiary/aromatic N) is 1. The Balaban J connectivity index is 0.00000124. The topological polar surface area (TPSA) is 90.4 Å². The van der Waals surface area contributed by atoms with Gasteiger partial charge in [0, 0.05) is 11.8 Å². The third kappa shape index (κ3) is 4.40. The van der Waals surface area contributed by atoms with Gasteiger partial charge >= 0.3 is 11.7 Å². The van der Waals surface area contributed by atoms with Crippen LogP contribution in [0.5, 0.6) is 0 Å². The number of rotatable bonds is 4. The number of benzene rings is 2. The second-order valence-corrected chi connectivity index (χ2v) is 6.59. The van der Waals surface area contributed by atoms with E-state index in [0.29, 0.717) is 11.1 Å². The fourth-order valence-electron chi connectivity index (χ4n) is 3.07. The van der Waals surface area contributed by atoms with Gasteiger partial charge in [0.05, 0.1) is 5.56 Å². The molecule has 0 radical (unpaired) electrons. The molecular formula is C23H20N2O5. The van der Waals surface area contributed by atoms with Crippen LogP contribution in [0.25, 0.3) is 10.8 Å². The summed E-state index contributed by atoms with van der Waals surface area (Å²) >= 11 is 0. The number of ether oxygens (including phenoxy) is 2. The Morgan fingerprint density at radius 1 is 1.13 bits per heavy atom. The Labute approximate surface area is 172 Å². The minimum absolute atomic E-state index is 0.0236. The van der Waals surface area contributed by atoms with Crippen LogP contribution in [0.3, 0.4) is 0 Å². The predicted octanol–water partition coefficient (Wildman–Crippen LogP) is 2.56. The summed E-state index contributed by atoms with van der Waals surface area (Å²) in [5.41, 5.74) is -0.115. The zero-order valence-corrected chi connectivity index (χ0v) is 16.3. The van der Waals surface area contributed by atoms with E-state index in [2.05, 4.69) is 17.8 Å². The minimum Gasteiger partial charge on any atom is -0.459 e. The van der Waals surface area contributed by atoms with Crippen molar-refractivity contribution in [1.29, 1.82) is 0 Å². The maximum absolute atomic E-state index is 12.3. The predicted molar refractivity (Wildman–Crippen MR) is 113 cm³/mol. The molecule has 2 unspecified atom stereocenters. The molecule has 152 valence electrons. The average molecular weight is 404 g/mol. The lowest BCUT2D eigenvalue weighted by molar-refractivity contribution is -0.0223. The lowest BCUT2D eigenvalue weighted by atomic mass is 10.1. The molecule has 1 aromatic heterocycles. The molecule has 0 aliphatic carbocycles. The Hall–Kier alpha value is -3.89. The first kappa shape index (κ1) is 20.8. The van der Waals surface area contributed by atoms with E-state index in [1.165, 1.54) is 10.8 Å². The van der Waals surface area contributed by atoms with Gasteiger partial charge in [-0.1, -0.05) is 36.4 Å². The number of aromatic nitrogens is 2. The van der Waals surface area contributed by atoms with Crippen molar-refractivity contribution >= 4 is 16.7 Å². The van der Waals surface area contributed by atoms with Crippen LogP contribution in [0.15, 0.2) is 70.4 Å². The molecule has 3 aromatic rings. The molecule has 0 saturated carbocycles. The maximum Gasteiger partial charge on any atom is 0.338 e. The third-order valence-electron chi connectivity index (χ3n) is 4.59. The van der Waals surface area contributed by atoms with Crippen LogP contribution in [0, 0.1) is 19.8 Å². The highest BCUT2D eigenvalue weighted by molar-refractivity contribution is 5.95. The molecule has 30 heavy (non-hydrogen) atoms. The average Bonchev–Trinajstić information content (AvgIpc) is 3.24. The molecule has 0 amide bonds. The van der Waals surface area contributed by atoms with Gasteiger partial charge in [0.2, 0.25) is 0 Å². The first-order chi connectivity index (χ1) is 14.5. The van der Waals surface area contributed by atoms with Crippen LogP contribution < -0.4 is 11.2 Å². The van der Waals surface area contributed by atoms with Crippen LogP contribution >= 0.6 is 0 Å². The van der Waals surface area contributed by atoms with E-state index in [-0.39, 0.29) is 6.61 Å². The van der Waals surface area contributed by atoms with Crippen LogP contribution in [0.4, 0.5) is 0 Å². The monoisotopic (exact) mass is 404 g/mol. The van der Waals surface area contributed by atoms with E-state index in [9.17, 15) is 14.4 Å². The summed E-state index contributed by atoms with van der Waals surface area (Å²) in [6.07, 6.45) is 11.7. The second-order valence-electron chi connectivity index (χ2n) is 6.59. The molecule has 7 heteroatoms. The van der Waals surface area contributed by atoms with E-state index in [0.717, 1.165) is 10.8 Å². The normalized spacial score (nSPS) is 17.3. The number of terminal acetylenes is 1. The Morgan fingerprint density at radius 3 is 2.63 bits per heavy atom. The van der Waals surface area contributed by atoms with Gasteiger partial charge in [0.1, 0.15) is 12.7 Å². The Kier molecular flexibility index (Phi) is 6.30. The number of carbonyl (C=O) groups excluding carboxylic acids is 1. The quantitative estimate of drug-likeness (QED) is 0.410. The van der Waals surface area contributed by atoms with Gasteiger partial charge in [-0.25, -0.2) is 9.59 Å². The van der Waals surface area contributed by atoms with Crippen molar-refractivity contribution < 1.29 is 14.3 Å². The number of hydrogen-bond donors (Lipinski definition) is 1. The van der Waals surface area contributed by atoms with Crippen molar-refractivity contribution in [3.8, 4) is 12.8 Å². The molecule has 1 aliphatic heterocycles. The number of hydrogen-bond acceptors (Lipinski definition) is 5. The van der Waals surface area contributed by atoms with Crippen molar-refractivity contribution in [2.45, 2.75) is 19.3 Å². The first-order valence-corrected chi connectivity index (χ1v) is 9.16. The van der Waals surface area contributed by atoms with Gasteiger partial charge in [0.15, 0.2) is 6.23 Å². The third-order valence-corrected chi connectivity index (χ3v) is 4.59. The summed E-state index contributed by atoms with van der Waals surface area (Å²) in [7, 11) is 0. The van der Waals surface area contributed by atoms with Crippen LogP contribution in [-0.4, -0.2) is 28.2 Å². The van der Waals surface area contributed by atoms with Gasteiger partial charge in [-0.05, 0) is 35.9 Å². The number of carbonyl (C=O) groups is 1. The van der Waals surface area contributed by atoms with Crippen molar-refractivity contribution in [3.63, 3.8) is 0 Å². The smallest absolute Gasteiger partial charge is 0.338 e. The zero-order valence-electron chi connectivity index (χ0n) is 16.3. The molecule has 0 spiro atoms. The van der Waals surface area contributed by atoms with Gasteiger partial charge in [-0.2, -0.15) is 0 Å². The lowest BCUT2D eigenvalue weighted by Gasteiger charge is -2.16. The van der Waals surface area contributed by atoms with Crippen LogP contribution in [-0.2, 0) is 9.47 Å². The molecule has 7 nitrogen and oxygen atoms in total. The van der Waals surface area contributed by atoms with Crippen LogP contribution in [0.2, 0.25) is 0 Å². The van der Waals surface area contributed by atoms with E-state index in [1.54, 1.807) is 31.2 Å². The molecular weight excluding hydrogens is 384 g/mol. The van der Waals surface area contributed by atoms with E-state index >= 15 is 0 Å². The maximum atomic E-state index is 12.3. The van der Waals surface area contributed by atoms with Crippen molar-refractivity contribution in [2.24, 2.45) is 0 Å². The summed E-state index contributed by atoms with van der Waals surface area (Å²) in [6.45, 7) is 1.63. The van der Waals surface area contributed by atoms with Gasteiger partial charge in [-0.3, -0.25) is 14.3 Å². The number of fused-ring (bicyclic) bond motifs is 1. The standard InChI is InChI=1S/C21H18N2O5.C2H2/c1-13-11-23(21(26)22-19(13)24)18-9-8-17(28-18)12-27-20(25)16-7-6-14-4-2-3-5-15(14)10-16;1-2/h2-11,17-18H,12H2,1H3,(H,22,24,26);1-2H. The molecule has 2 aromatic carbocycles. The van der Waals surface area contributed by atoms with E-state index in [4.69, 9.17) is 9.47 Å². The van der Waals surface area contributed by atoms with Gasteiger partial charge < -0.3 is 9.47 Å². The number of aryl methyl sites for hydroxylation is 1. The number of aromatic amines is 1. The molecule has 0 saturated heterocycles. The van der Waals surface area contributed by atoms with E-state index < -0.39 is 29.6 Å². The van der Waals surface area contributed by atoms with Gasteiger partial charge in [0.25, 0.3) is 5.56 Å². The Morgan fingerprint density at radius 2 is 1.87 bits per heavy atom. The molecule has 1 N–H and O–H groups in total.